The lowest BCUT2D eigenvalue weighted by atomic mass is 10.2. The fourth-order valence-electron chi connectivity index (χ4n) is 2.49. The van der Waals surface area contributed by atoms with Crippen LogP contribution in [-0.4, -0.2) is 48.8 Å². The van der Waals surface area contributed by atoms with E-state index in [9.17, 15) is 9.50 Å². The molecule has 1 heterocycles. The fraction of sp³-hybridized carbons (Fsp3) is 0.571. The van der Waals surface area contributed by atoms with E-state index in [1.807, 2.05) is 18.0 Å². The highest BCUT2D eigenvalue weighted by Gasteiger charge is 2.27. The Morgan fingerprint density at radius 1 is 1.39 bits per heavy atom. The van der Waals surface area contributed by atoms with Crippen LogP contribution in [-0.2, 0) is 0 Å². The topological polar surface area (TPSA) is 26.7 Å². The Balaban J connectivity index is 2.22. The third-order valence-corrected chi connectivity index (χ3v) is 3.92. The molecule has 2 unspecified atom stereocenters. The minimum Gasteiger partial charge on any atom is -0.395 e. The first-order valence-electron chi connectivity index (χ1n) is 6.45. The van der Waals surface area contributed by atoms with Crippen LogP contribution in [0.1, 0.15) is 13.3 Å². The molecule has 0 amide bonds. The van der Waals surface area contributed by atoms with E-state index in [1.54, 1.807) is 12.1 Å². The lowest BCUT2D eigenvalue weighted by Gasteiger charge is -2.30. The maximum Gasteiger partial charge on any atom is 0.146 e. The van der Waals surface area contributed by atoms with Gasteiger partial charge in [-0.2, -0.15) is 0 Å². The van der Waals surface area contributed by atoms with E-state index in [0.717, 1.165) is 13.0 Å². The molecule has 0 aromatic heterocycles. The predicted molar refractivity (Wildman–Crippen MR) is 71.3 cm³/mol. The number of likely N-dealkylation sites (N-methyl/N-ethyl adjacent to an activating group) is 1. The summed E-state index contributed by atoms with van der Waals surface area (Å²) in [6.45, 7) is 3.74. The zero-order valence-electron chi connectivity index (χ0n) is 11.0. The molecule has 1 saturated heterocycles. The monoisotopic (exact) mass is 252 g/mol. The van der Waals surface area contributed by atoms with Crippen molar-refractivity contribution in [2.24, 2.45) is 0 Å². The average molecular weight is 252 g/mol. The van der Waals surface area contributed by atoms with Gasteiger partial charge in [0.25, 0.3) is 0 Å². The highest BCUT2D eigenvalue weighted by Crippen LogP contribution is 2.23. The molecule has 4 heteroatoms. The first-order chi connectivity index (χ1) is 8.63. The molecular formula is C14H21FN2O. The number of para-hydroxylation sites is 1. The van der Waals surface area contributed by atoms with Crippen molar-refractivity contribution in [3.63, 3.8) is 0 Å². The van der Waals surface area contributed by atoms with E-state index in [-0.39, 0.29) is 18.5 Å². The SMILES string of the molecule is CC1CCN(c2ccccc2F)CC(CO)N1C. The van der Waals surface area contributed by atoms with Crippen LogP contribution in [0.2, 0.25) is 0 Å². The Morgan fingerprint density at radius 2 is 2.11 bits per heavy atom. The number of aliphatic hydroxyl groups excluding tert-OH is 1. The molecule has 2 rings (SSSR count). The molecule has 0 spiro atoms. The van der Waals surface area contributed by atoms with Crippen LogP contribution in [0.15, 0.2) is 24.3 Å². The summed E-state index contributed by atoms with van der Waals surface area (Å²) in [7, 11) is 2.02. The number of nitrogens with zero attached hydrogens (tertiary/aromatic N) is 2. The van der Waals surface area contributed by atoms with E-state index < -0.39 is 0 Å². The molecular weight excluding hydrogens is 231 g/mol. The summed E-state index contributed by atoms with van der Waals surface area (Å²) in [5.41, 5.74) is 0.637. The molecule has 1 aliphatic heterocycles. The highest BCUT2D eigenvalue weighted by atomic mass is 19.1. The van der Waals surface area contributed by atoms with Gasteiger partial charge in [0.2, 0.25) is 0 Å². The van der Waals surface area contributed by atoms with Gasteiger partial charge in [0, 0.05) is 19.1 Å². The largest absolute Gasteiger partial charge is 0.395 e. The van der Waals surface area contributed by atoms with Crippen LogP contribution >= 0.6 is 0 Å². The minimum atomic E-state index is -0.189. The van der Waals surface area contributed by atoms with E-state index in [2.05, 4.69) is 11.8 Å². The number of hydrogen-bond acceptors (Lipinski definition) is 3. The molecule has 3 nitrogen and oxygen atoms in total. The van der Waals surface area contributed by atoms with Crippen LogP contribution in [0.4, 0.5) is 10.1 Å². The molecule has 1 N–H and O–H groups in total. The second kappa shape index (κ2) is 5.67. The van der Waals surface area contributed by atoms with Gasteiger partial charge < -0.3 is 10.0 Å². The van der Waals surface area contributed by atoms with Crippen LogP contribution < -0.4 is 4.90 Å². The molecule has 100 valence electrons. The van der Waals surface area contributed by atoms with Crippen molar-refractivity contribution in [3.05, 3.63) is 30.1 Å². The van der Waals surface area contributed by atoms with Gasteiger partial charge in [0.05, 0.1) is 18.3 Å². The molecule has 2 atom stereocenters. The van der Waals surface area contributed by atoms with Gasteiger partial charge in [-0.1, -0.05) is 12.1 Å². The third kappa shape index (κ3) is 2.65. The lowest BCUT2D eigenvalue weighted by Crippen LogP contribution is -2.44. The van der Waals surface area contributed by atoms with Crippen LogP contribution in [0.25, 0.3) is 0 Å². The van der Waals surface area contributed by atoms with Gasteiger partial charge in [0.15, 0.2) is 0 Å². The number of anilines is 1. The maximum atomic E-state index is 13.8. The van der Waals surface area contributed by atoms with E-state index in [1.165, 1.54) is 6.07 Å². The first kappa shape index (κ1) is 13.3. The van der Waals surface area contributed by atoms with Gasteiger partial charge in [-0.15, -0.1) is 0 Å². The molecule has 0 aliphatic carbocycles. The zero-order chi connectivity index (χ0) is 13.1. The number of hydrogen-bond donors (Lipinski definition) is 1. The predicted octanol–water partition coefficient (Wildman–Crippen LogP) is 1.72. The molecule has 1 aromatic carbocycles. The quantitative estimate of drug-likeness (QED) is 0.868. The average Bonchev–Trinajstić information content (AvgIpc) is 2.52. The summed E-state index contributed by atoms with van der Waals surface area (Å²) in [5, 5.41) is 9.48. The molecule has 1 fully saturated rings. The molecule has 0 radical (unpaired) electrons. The van der Waals surface area contributed by atoms with Gasteiger partial charge in [-0.3, -0.25) is 4.90 Å². The molecule has 0 saturated carbocycles. The van der Waals surface area contributed by atoms with E-state index >= 15 is 0 Å². The molecule has 0 bridgehead atoms. The Morgan fingerprint density at radius 3 is 2.78 bits per heavy atom. The van der Waals surface area contributed by atoms with Crippen molar-refractivity contribution in [2.45, 2.75) is 25.4 Å². The summed E-state index contributed by atoms with van der Waals surface area (Å²) < 4.78 is 13.8. The second-order valence-electron chi connectivity index (χ2n) is 5.04. The van der Waals surface area contributed by atoms with Crippen molar-refractivity contribution in [3.8, 4) is 0 Å². The smallest absolute Gasteiger partial charge is 0.146 e. The Bertz CT molecular complexity index is 399. The van der Waals surface area contributed by atoms with E-state index in [0.29, 0.717) is 18.3 Å². The summed E-state index contributed by atoms with van der Waals surface area (Å²) in [6.07, 6.45) is 0.974. The van der Waals surface area contributed by atoms with Crippen LogP contribution in [0, 0.1) is 5.82 Å². The van der Waals surface area contributed by atoms with Gasteiger partial charge in [-0.25, -0.2) is 4.39 Å². The maximum absolute atomic E-state index is 13.8. The van der Waals surface area contributed by atoms with Gasteiger partial charge >= 0.3 is 0 Å². The van der Waals surface area contributed by atoms with Crippen molar-refractivity contribution < 1.29 is 9.50 Å². The number of rotatable bonds is 2. The van der Waals surface area contributed by atoms with Crippen LogP contribution in [0.3, 0.4) is 0 Å². The number of benzene rings is 1. The molecule has 18 heavy (non-hydrogen) atoms. The summed E-state index contributed by atoms with van der Waals surface area (Å²) in [6, 6.07) is 7.31. The Labute approximate surface area is 108 Å². The lowest BCUT2D eigenvalue weighted by molar-refractivity contribution is 0.127. The normalized spacial score (nSPS) is 26.1. The number of halogens is 1. The Kier molecular flexibility index (Phi) is 4.19. The molecule has 1 aromatic rings. The Hall–Kier alpha value is -1.13. The first-order valence-corrected chi connectivity index (χ1v) is 6.45. The second-order valence-corrected chi connectivity index (χ2v) is 5.04. The van der Waals surface area contributed by atoms with Gasteiger partial charge in [0.1, 0.15) is 5.82 Å². The summed E-state index contributed by atoms with van der Waals surface area (Å²) in [4.78, 5) is 4.22. The standard InChI is InChI=1S/C14H21FN2O/c1-11-7-8-17(9-12(10-18)16(11)2)14-6-4-3-5-13(14)15/h3-6,11-12,18H,7-10H2,1-2H3. The van der Waals surface area contributed by atoms with Gasteiger partial charge in [-0.05, 0) is 32.5 Å². The highest BCUT2D eigenvalue weighted by molar-refractivity contribution is 5.48. The van der Waals surface area contributed by atoms with Crippen molar-refractivity contribution in [1.82, 2.24) is 4.90 Å². The van der Waals surface area contributed by atoms with Crippen LogP contribution in [0.5, 0.6) is 0 Å². The fourth-order valence-corrected chi connectivity index (χ4v) is 2.49. The summed E-state index contributed by atoms with van der Waals surface area (Å²) in [5.74, 6) is -0.189. The third-order valence-electron chi connectivity index (χ3n) is 3.92. The van der Waals surface area contributed by atoms with Crippen molar-refractivity contribution in [2.75, 3.05) is 31.6 Å². The van der Waals surface area contributed by atoms with Crippen molar-refractivity contribution in [1.29, 1.82) is 0 Å². The minimum absolute atomic E-state index is 0.0575. The van der Waals surface area contributed by atoms with Crippen molar-refractivity contribution >= 4 is 5.69 Å². The number of aliphatic hydroxyl groups is 1. The molecule has 1 aliphatic rings. The zero-order valence-corrected chi connectivity index (χ0v) is 11.0. The van der Waals surface area contributed by atoms with E-state index in [4.69, 9.17) is 0 Å². The summed E-state index contributed by atoms with van der Waals surface area (Å²) >= 11 is 0.